The van der Waals surface area contributed by atoms with Crippen LogP contribution < -0.4 is 5.32 Å². The monoisotopic (exact) mass is 274 g/mol. The molecule has 7 nitrogen and oxygen atoms in total. The quantitative estimate of drug-likeness (QED) is 0.783. The molecule has 0 spiro atoms. The first-order valence-corrected chi connectivity index (χ1v) is 6.36. The summed E-state index contributed by atoms with van der Waals surface area (Å²) in [5.41, 5.74) is 0.992. The van der Waals surface area contributed by atoms with Crippen LogP contribution in [0.1, 0.15) is 17.3 Å². The molecule has 2 aromatic rings. The number of aromatic amines is 1. The minimum Gasteiger partial charge on any atom is -0.348 e. The molecule has 1 heterocycles. The van der Waals surface area contributed by atoms with E-state index in [1.165, 1.54) is 0 Å². The summed E-state index contributed by atoms with van der Waals surface area (Å²) < 4.78 is 0. The van der Waals surface area contributed by atoms with Crippen LogP contribution in [0.2, 0.25) is 0 Å². The SMILES string of the molecule is CN(C)CC(C(=O)NCc1nn[nH]n1)c1ccccc1. The summed E-state index contributed by atoms with van der Waals surface area (Å²) in [6.07, 6.45) is 0. The van der Waals surface area contributed by atoms with Gasteiger partial charge in [-0.15, -0.1) is 10.2 Å². The number of nitrogens with zero attached hydrogens (tertiary/aromatic N) is 4. The average Bonchev–Trinajstić information content (AvgIpc) is 2.96. The van der Waals surface area contributed by atoms with Gasteiger partial charge in [0.25, 0.3) is 0 Å². The van der Waals surface area contributed by atoms with Gasteiger partial charge in [0.2, 0.25) is 5.91 Å². The van der Waals surface area contributed by atoms with Gasteiger partial charge >= 0.3 is 0 Å². The molecule has 0 saturated heterocycles. The van der Waals surface area contributed by atoms with Crippen molar-refractivity contribution >= 4 is 5.91 Å². The number of carbonyl (C=O) groups is 1. The molecule has 0 radical (unpaired) electrons. The number of likely N-dealkylation sites (N-methyl/N-ethyl adjacent to an activating group) is 1. The molecule has 20 heavy (non-hydrogen) atoms. The van der Waals surface area contributed by atoms with E-state index in [4.69, 9.17) is 0 Å². The molecule has 1 unspecified atom stereocenters. The molecule has 0 saturated carbocycles. The smallest absolute Gasteiger partial charge is 0.229 e. The predicted molar refractivity (Wildman–Crippen MR) is 73.8 cm³/mol. The zero-order chi connectivity index (χ0) is 14.4. The maximum absolute atomic E-state index is 12.4. The summed E-state index contributed by atoms with van der Waals surface area (Å²) in [5.74, 6) is 0.197. The molecule has 2 rings (SSSR count). The van der Waals surface area contributed by atoms with Gasteiger partial charge < -0.3 is 10.2 Å². The number of hydrogen-bond acceptors (Lipinski definition) is 5. The lowest BCUT2D eigenvalue weighted by molar-refractivity contribution is -0.123. The molecule has 0 aliphatic rings. The average molecular weight is 274 g/mol. The number of carbonyl (C=O) groups excluding carboxylic acids is 1. The van der Waals surface area contributed by atoms with Crippen molar-refractivity contribution < 1.29 is 4.79 Å². The molecule has 106 valence electrons. The molecule has 1 aromatic carbocycles. The Morgan fingerprint density at radius 3 is 2.70 bits per heavy atom. The van der Waals surface area contributed by atoms with Crippen molar-refractivity contribution in [2.75, 3.05) is 20.6 Å². The van der Waals surface area contributed by atoms with Gasteiger partial charge in [-0.25, -0.2) is 0 Å². The van der Waals surface area contributed by atoms with Gasteiger partial charge in [-0.3, -0.25) is 4.79 Å². The van der Waals surface area contributed by atoms with E-state index in [-0.39, 0.29) is 18.4 Å². The van der Waals surface area contributed by atoms with Crippen LogP contribution in [0.4, 0.5) is 0 Å². The summed E-state index contributed by atoms with van der Waals surface area (Å²) in [7, 11) is 3.89. The number of amides is 1. The van der Waals surface area contributed by atoms with E-state index in [1.807, 2.05) is 49.3 Å². The van der Waals surface area contributed by atoms with Crippen molar-refractivity contribution in [1.29, 1.82) is 0 Å². The number of rotatable bonds is 6. The van der Waals surface area contributed by atoms with Gasteiger partial charge in [0.15, 0.2) is 5.82 Å². The van der Waals surface area contributed by atoms with Crippen molar-refractivity contribution in [3.63, 3.8) is 0 Å². The van der Waals surface area contributed by atoms with Gasteiger partial charge in [-0.2, -0.15) is 5.21 Å². The molecule has 7 heteroatoms. The normalized spacial score (nSPS) is 12.3. The summed E-state index contributed by atoms with van der Waals surface area (Å²) in [5, 5.41) is 16.3. The van der Waals surface area contributed by atoms with E-state index < -0.39 is 0 Å². The van der Waals surface area contributed by atoms with Gasteiger partial charge in [-0.05, 0) is 19.7 Å². The number of benzene rings is 1. The maximum atomic E-state index is 12.4. The fourth-order valence-corrected chi connectivity index (χ4v) is 1.94. The third kappa shape index (κ3) is 3.86. The Bertz CT molecular complexity index is 525. The minimum atomic E-state index is -0.224. The summed E-state index contributed by atoms with van der Waals surface area (Å²) in [4.78, 5) is 14.3. The second kappa shape index (κ2) is 6.76. The summed E-state index contributed by atoms with van der Waals surface area (Å²) in [6.45, 7) is 0.911. The highest BCUT2D eigenvalue weighted by Gasteiger charge is 2.21. The van der Waals surface area contributed by atoms with Crippen molar-refractivity contribution in [1.82, 2.24) is 30.8 Å². The Hall–Kier alpha value is -2.28. The summed E-state index contributed by atoms with van der Waals surface area (Å²) in [6, 6.07) is 9.73. The van der Waals surface area contributed by atoms with Crippen molar-refractivity contribution in [3.05, 3.63) is 41.7 Å². The highest BCUT2D eigenvalue weighted by atomic mass is 16.1. The van der Waals surface area contributed by atoms with E-state index in [1.54, 1.807) is 0 Å². The first-order valence-electron chi connectivity index (χ1n) is 6.36. The molecular formula is C13H18N6O. The number of nitrogens with one attached hydrogen (secondary N) is 2. The van der Waals surface area contributed by atoms with Crippen LogP contribution >= 0.6 is 0 Å². The Morgan fingerprint density at radius 2 is 2.10 bits per heavy atom. The van der Waals surface area contributed by atoms with Crippen LogP contribution in [0, 0.1) is 0 Å². The van der Waals surface area contributed by atoms with Crippen LogP contribution in [0.25, 0.3) is 0 Å². The highest BCUT2D eigenvalue weighted by molar-refractivity contribution is 5.83. The molecule has 0 aliphatic carbocycles. The van der Waals surface area contributed by atoms with Gasteiger partial charge in [-0.1, -0.05) is 35.5 Å². The van der Waals surface area contributed by atoms with E-state index in [9.17, 15) is 4.79 Å². The fraction of sp³-hybridized carbons (Fsp3) is 0.385. The largest absolute Gasteiger partial charge is 0.348 e. The predicted octanol–water partition coefficient (Wildman–Crippen LogP) is 0.161. The van der Waals surface area contributed by atoms with Crippen LogP contribution in [-0.2, 0) is 11.3 Å². The second-order valence-electron chi connectivity index (χ2n) is 4.77. The Morgan fingerprint density at radius 1 is 1.35 bits per heavy atom. The van der Waals surface area contributed by atoms with Crippen molar-refractivity contribution in [3.8, 4) is 0 Å². The standard InChI is InChI=1S/C13H18N6O/c1-19(2)9-11(10-6-4-3-5-7-10)13(20)14-8-12-15-17-18-16-12/h3-7,11H,8-9H2,1-2H3,(H,14,20)(H,15,16,17,18). The highest BCUT2D eigenvalue weighted by Crippen LogP contribution is 2.16. The Kier molecular flexibility index (Phi) is 4.78. The first-order chi connectivity index (χ1) is 9.66. The van der Waals surface area contributed by atoms with Crippen LogP contribution in [0.3, 0.4) is 0 Å². The molecule has 0 aliphatic heterocycles. The number of aromatic nitrogens is 4. The van der Waals surface area contributed by atoms with Gasteiger partial charge in [0, 0.05) is 6.54 Å². The van der Waals surface area contributed by atoms with Crippen molar-refractivity contribution in [2.45, 2.75) is 12.5 Å². The molecular weight excluding hydrogens is 256 g/mol. The minimum absolute atomic E-state index is 0.0466. The Balaban J connectivity index is 2.04. The topological polar surface area (TPSA) is 86.8 Å². The van der Waals surface area contributed by atoms with Gasteiger partial charge in [0.1, 0.15) is 0 Å². The molecule has 1 amide bonds. The van der Waals surface area contributed by atoms with Gasteiger partial charge in [0.05, 0.1) is 12.5 Å². The maximum Gasteiger partial charge on any atom is 0.229 e. The lowest BCUT2D eigenvalue weighted by atomic mass is 9.98. The lowest BCUT2D eigenvalue weighted by Gasteiger charge is -2.20. The molecule has 0 fully saturated rings. The zero-order valence-corrected chi connectivity index (χ0v) is 11.6. The van der Waals surface area contributed by atoms with Crippen molar-refractivity contribution in [2.24, 2.45) is 0 Å². The van der Waals surface area contributed by atoms with E-state index >= 15 is 0 Å². The van der Waals surface area contributed by atoms with E-state index in [0.29, 0.717) is 12.4 Å². The molecule has 1 aromatic heterocycles. The number of hydrogen-bond donors (Lipinski definition) is 2. The van der Waals surface area contributed by atoms with E-state index in [0.717, 1.165) is 5.56 Å². The molecule has 2 N–H and O–H groups in total. The second-order valence-corrected chi connectivity index (χ2v) is 4.77. The molecule has 1 atom stereocenters. The first kappa shape index (κ1) is 14.1. The Labute approximate surface area is 117 Å². The number of H-pyrrole nitrogens is 1. The fourth-order valence-electron chi connectivity index (χ4n) is 1.94. The third-order valence-corrected chi connectivity index (χ3v) is 2.88. The zero-order valence-electron chi connectivity index (χ0n) is 11.6. The van der Waals surface area contributed by atoms with E-state index in [2.05, 4.69) is 25.9 Å². The van der Waals surface area contributed by atoms with Crippen LogP contribution in [0.15, 0.2) is 30.3 Å². The van der Waals surface area contributed by atoms with Crippen LogP contribution in [-0.4, -0.2) is 52.1 Å². The third-order valence-electron chi connectivity index (χ3n) is 2.88. The van der Waals surface area contributed by atoms with Crippen LogP contribution in [0.5, 0.6) is 0 Å². The summed E-state index contributed by atoms with van der Waals surface area (Å²) >= 11 is 0. The number of tetrazole rings is 1. The lowest BCUT2D eigenvalue weighted by Crippen LogP contribution is -2.35. The molecule has 0 bridgehead atoms.